The fourth-order valence-corrected chi connectivity index (χ4v) is 2.47. The molecule has 6 heteroatoms. The number of halogens is 2. The number of carbonyl (C=O) groups excluding carboxylic acids is 1. The van der Waals surface area contributed by atoms with Crippen LogP contribution in [0.25, 0.3) is 0 Å². The number of thiophene rings is 1. The number of rotatable bonds is 4. The Morgan fingerprint density at radius 3 is 2.83 bits per heavy atom. The van der Waals surface area contributed by atoms with Gasteiger partial charge in [-0.1, -0.05) is 11.6 Å². The Morgan fingerprint density at radius 1 is 1.44 bits per heavy atom. The Balaban J connectivity index is 2.10. The molecule has 0 atom stereocenters. The van der Waals surface area contributed by atoms with Crippen LogP contribution in [-0.2, 0) is 6.54 Å². The third-order valence-electron chi connectivity index (χ3n) is 2.32. The number of primary amides is 1. The van der Waals surface area contributed by atoms with E-state index in [1.807, 2.05) is 11.4 Å². The number of nitrogens with two attached hydrogens (primary N) is 1. The SMILES string of the molecule is NC(=O)c1cc(NCc2cc(Cl)cs2)ccc1F. The largest absolute Gasteiger partial charge is 0.380 e. The highest BCUT2D eigenvalue weighted by molar-refractivity contribution is 7.10. The zero-order valence-corrected chi connectivity index (χ0v) is 10.8. The maximum Gasteiger partial charge on any atom is 0.251 e. The van der Waals surface area contributed by atoms with Crippen molar-refractivity contribution in [1.82, 2.24) is 0 Å². The van der Waals surface area contributed by atoms with Gasteiger partial charge in [0.15, 0.2) is 0 Å². The van der Waals surface area contributed by atoms with Crippen molar-refractivity contribution < 1.29 is 9.18 Å². The summed E-state index contributed by atoms with van der Waals surface area (Å²) in [6.07, 6.45) is 0. The molecule has 1 amide bonds. The molecule has 1 aromatic carbocycles. The van der Waals surface area contributed by atoms with Gasteiger partial charge in [-0.15, -0.1) is 11.3 Å². The normalized spacial score (nSPS) is 10.3. The van der Waals surface area contributed by atoms with Gasteiger partial charge in [-0.25, -0.2) is 4.39 Å². The van der Waals surface area contributed by atoms with Gasteiger partial charge in [0.25, 0.3) is 5.91 Å². The van der Waals surface area contributed by atoms with Crippen LogP contribution in [0.15, 0.2) is 29.6 Å². The molecule has 2 rings (SSSR count). The molecule has 18 heavy (non-hydrogen) atoms. The van der Waals surface area contributed by atoms with Crippen molar-refractivity contribution in [1.29, 1.82) is 0 Å². The number of amides is 1. The lowest BCUT2D eigenvalue weighted by molar-refractivity contribution is 0.0996. The van der Waals surface area contributed by atoms with Crippen molar-refractivity contribution >= 4 is 34.5 Å². The summed E-state index contributed by atoms with van der Waals surface area (Å²) in [5.74, 6) is -1.40. The molecule has 3 N–H and O–H groups in total. The predicted molar refractivity (Wildman–Crippen MR) is 71.6 cm³/mol. The highest BCUT2D eigenvalue weighted by Crippen LogP contribution is 2.21. The fourth-order valence-electron chi connectivity index (χ4n) is 1.46. The van der Waals surface area contributed by atoms with Crippen molar-refractivity contribution in [3.8, 4) is 0 Å². The molecular weight excluding hydrogens is 275 g/mol. The van der Waals surface area contributed by atoms with Gasteiger partial charge in [0.2, 0.25) is 0 Å². The van der Waals surface area contributed by atoms with Gasteiger partial charge in [-0.05, 0) is 24.3 Å². The Kier molecular flexibility index (Phi) is 3.84. The highest BCUT2D eigenvalue weighted by Gasteiger charge is 2.08. The van der Waals surface area contributed by atoms with Gasteiger partial charge < -0.3 is 11.1 Å². The van der Waals surface area contributed by atoms with Crippen molar-refractivity contribution in [2.24, 2.45) is 5.73 Å². The first kappa shape index (κ1) is 12.9. The van der Waals surface area contributed by atoms with E-state index in [9.17, 15) is 9.18 Å². The Morgan fingerprint density at radius 2 is 2.22 bits per heavy atom. The molecule has 0 aliphatic carbocycles. The summed E-state index contributed by atoms with van der Waals surface area (Å²) in [6.45, 7) is 0.557. The van der Waals surface area contributed by atoms with Crippen LogP contribution in [0.2, 0.25) is 5.02 Å². The number of hydrogen-bond acceptors (Lipinski definition) is 3. The van der Waals surface area contributed by atoms with E-state index in [0.717, 1.165) is 4.88 Å². The van der Waals surface area contributed by atoms with Crippen LogP contribution >= 0.6 is 22.9 Å². The minimum Gasteiger partial charge on any atom is -0.380 e. The van der Waals surface area contributed by atoms with Crippen LogP contribution in [-0.4, -0.2) is 5.91 Å². The van der Waals surface area contributed by atoms with Gasteiger partial charge in [0.05, 0.1) is 10.6 Å². The monoisotopic (exact) mass is 284 g/mol. The first-order chi connectivity index (χ1) is 8.56. The third kappa shape index (κ3) is 3.00. The van der Waals surface area contributed by atoms with Gasteiger partial charge in [-0.2, -0.15) is 0 Å². The van der Waals surface area contributed by atoms with Crippen LogP contribution in [0.1, 0.15) is 15.2 Å². The van der Waals surface area contributed by atoms with Crippen LogP contribution in [0, 0.1) is 5.82 Å². The summed E-state index contributed by atoms with van der Waals surface area (Å²) in [4.78, 5) is 12.0. The molecule has 0 aliphatic heterocycles. The highest BCUT2D eigenvalue weighted by atomic mass is 35.5. The third-order valence-corrected chi connectivity index (χ3v) is 3.60. The van der Waals surface area contributed by atoms with Crippen LogP contribution in [0.4, 0.5) is 10.1 Å². The summed E-state index contributed by atoms with van der Waals surface area (Å²) in [6, 6.07) is 6.01. The van der Waals surface area contributed by atoms with E-state index in [4.69, 9.17) is 17.3 Å². The minimum absolute atomic E-state index is 0.121. The average Bonchev–Trinajstić information content (AvgIpc) is 2.74. The molecule has 0 unspecified atom stereocenters. The molecule has 0 spiro atoms. The molecule has 0 bridgehead atoms. The fraction of sp³-hybridized carbons (Fsp3) is 0.0833. The molecule has 1 heterocycles. The first-order valence-electron chi connectivity index (χ1n) is 5.12. The first-order valence-corrected chi connectivity index (χ1v) is 6.38. The second-order valence-electron chi connectivity index (χ2n) is 3.64. The van der Waals surface area contributed by atoms with Gasteiger partial charge >= 0.3 is 0 Å². The maximum absolute atomic E-state index is 13.2. The minimum atomic E-state index is -0.782. The lowest BCUT2D eigenvalue weighted by atomic mass is 10.2. The lowest BCUT2D eigenvalue weighted by Crippen LogP contribution is -2.13. The number of nitrogens with one attached hydrogen (secondary N) is 1. The van der Waals surface area contributed by atoms with E-state index >= 15 is 0 Å². The molecule has 3 nitrogen and oxygen atoms in total. The van der Waals surface area contributed by atoms with Crippen LogP contribution in [0.3, 0.4) is 0 Å². The molecule has 2 aromatic rings. The van der Waals surface area contributed by atoms with E-state index < -0.39 is 11.7 Å². The zero-order chi connectivity index (χ0) is 13.1. The molecule has 0 saturated carbocycles. The van der Waals surface area contributed by atoms with E-state index in [-0.39, 0.29) is 5.56 Å². The van der Waals surface area contributed by atoms with Gasteiger partial charge in [0.1, 0.15) is 5.82 Å². The summed E-state index contributed by atoms with van der Waals surface area (Å²) in [7, 11) is 0. The van der Waals surface area contributed by atoms with Crippen LogP contribution < -0.4 is 11.1 Å². The number of carbonyl (C=O) groups is 1. The second kappa shape index (κ2) is 5.37. The summed E-state index contributed by atoms with van der Waals surface area (Å²) in [5.41, 5.74) is 5.58. The summed E-state index contributed by atoms with van der Waals surface area (Å²) >= 11 is 7.32. The molecule has 0 radical (unpaired) electrons. The second-order valence-corrected chi connectivity index (χ2v) is 5.08. The lowest BCUT2D eigenvalue weighted by Gasteiger charge is -2.06. The van der Waals surface area contributed by atoms with Gasteiger partial charge in [-0.3, -0.25) is 4.79 Å². The number of anilines is 1. The standard InChI is InChI=1S/C12H10ClFN2OS/c13-7-3-9(18-6-7)5-16-8-1-2-11(14)10(4-8)12(15)17/h1-4,6,16H,5H2,(H2,15,17). The zero-order valence-electron chi connectivity index (χ0n) is 9.24. The maximum atomic E-state index is 13.2. The Hall–Kier alpha value is -1.59. The van der Waals surface area contributed by atoms with Crippen molar-refractivity contribution in [2.45, 2.75) is 6.54 Å². The smallest absolute Gasteiger partial charge is 0.251 e. The van der Waals surface area contributed by atoms with Crippen molar-refractivity contribution in [3.05, 3.63) is 50.9 Å². The predicted octanol–water partition coefficient (Wildman–Crippen LogP) is 3.25. The van der Waals surface area contributed by atoms with Crippen molar-refractivity contribution in [3.63, 3.8) is 0 Å². The molecule has 94 valence electrons. The Bertz CT molecular complexity index is 585. The quantitative estimate of drug-likeness (QED) is 0.905. The number of benzene rings is 1. The molecule has 0 saturated heterocycles. The summed E-state index contributed by atoms with van der Waals surface area (Å²) in [5, 5.41) is 5.59. The van der Waals surface area contributed by atoms with Gasteiger partial charge in [0, 0.05) is 22.5 Å². The molecular formula is C12H10ClFN2OS. The van der Waals surface area contributed by atoms with E-state index in [1.54, 1.807) is 6.07 Å². The summed E-state index contributed by atoms with van der Waals surface area (Å²) < 4.78 is 13.2. The average molecular weight is 285 g/mol. The van der Waals surface area contributed by atoms with E-state index in [1.165, 1.54) is 23.5 Å². The van der Waals surface area contributed by atoms with Crippen LogP contribution in [0.5, 0.6) is 0 Å². The topological polar surface area (TPSA) is 55.1 Å². The van der Waals surface area contributed by atoms with Crippen molar-refractivity contribution in [2.75, 3.05) is 5.32 Å². The number of hydrogen-bond donors (Lipinski definition) is 2. The van der Waals surface area contributed by atoms with E-state index in [2.05, 4.69) is 5.32 Å². The molecule has 1 aromatic heterocycles. The van der Waals surface area contributed by atoms with E-state index in [0.29, 0.717) is 17.3 Å². The molecule has 0 fully saturated rings. The molecule has 0 aliphatic rings. The Labute approximate surface area is 112 Å².